The summed E-state index contributed by atoms with van der Waals surface area (Å²) in [6.45, 7) is 5.84. The van der Waals surface area contributed by atoms with E-state index in [1.807, 2.05) is 10.9 Å². The molecule has 1 aliphatic carbocycles. The van der Waals surface area contributed by atoms with Gasteiger partial charge in [-0.05, 0) is 62.7 Å². The van der Waals surface area contributed by atoms with Crippen LogP contribution in [0.3, 0.4) is 0 Å². The van der Waals surface area contributed by atoms with Gasteiger partial charge in [-0.2, -0.15) is 10.1 Å². The highest BCUT2D eigenvalue weighted by molar-refractivity contribution is 5.86. The van der Waals surface area contributed by atoms with E-state index >= 15 is 0 Å². The number of hydrogen-bond acceptors (Lipinski definition) is 8. The Labute approximate surface area is 207 Å². The largest absolute Gasteiger partial charge is 0.495 e. The summed E-state index contributed by atoms with van der Waals surface area (Å²) in [4.78, 5) is 16.4. The van der Waals surface area contributed by atoms with Gasteiger partial charge in [0.25, 0.3) is 0 Å². The number of fused-ring (bicyclic) bond motifs is 1. The van der Waals surface area contributed by atoms with Gasteiger partial charge in [0.15, 0.2) is 5.82 Å². The average Bonchev–Trinajstić information content (AvgIpc) is 3.55. The van der Waals surface area contributed by atoms with E-state index in [1.54, 1.807) is 13.3 Å². The van der Waals surface area contributed by atoms with Crippen molar-refractivity contribution in [1.82, 2.24) is 29.6 Å². The smallest absolute Gasteiger partial charge is 0.222 e. The Hall–Kier alpha value is -2.94. The molecule has 4 heterocycles. The van der Waals surface area contributed by atoms with Gasteiger partial charge < -0.3 is 20.7 Å². The maximum atomic E-state index is 5.93. The topological polar surface area (TPSA) is 107 Å². The number of anilines is 2. The molecular formula is C26H38N8O. The maximum absolute atomic E-state index is 5.93. The van der Waals surface area contributed by atoms with Crippen LogP contribution in [-0.4, -0.2) is 62.4 Å². The number of nitrogen functional groups attached to an aromatic ring is 1. The lowest BCUT2D eigenvalue weighted by Gasteiger charge is -2.36. The number of likely N-dealkylation sites (tertiary alicyclic amines) is 1. The summed E-state index contributed by atoms with van der Waals surface area (Å²) < 4.78 is 7.67. The van der Waals surface area contributed by atoms with E-state index in [0.717, 1.165) is 47.9 Å². The fourth-order valence-corrected chi connectivity index (χ4v) is 5.66. The van der Waals surface area contributed by atoms with E-state index < -0.39 is 0 Å². The lowest BCUT2D eigenvalue weighted by atomic mass is 9.89. The van der Waals surface area contributed by atoms with Crippen LogP contribution in [0.25, 0.3) is 11.0 Å². The van der Waals surface area contributed by atoms with Gasteiger partial charge in [0, 0.05) is 18.8 Å². The Balaban J connectivity index is 1.33. The van der Waals surface area contributed by atoms with Gasteiger partial charge in [-0.3, -0.25) is 9.67 Å². The molecule has 3 aromatic heterocycles. The number of aromatic nitrogens is 5. The number of piperidine rings is 1. The second kappa shape index (κ2) is 10.8. The summed E-state index contributed by atoms with van der Waals surface area (Å²) in [5.41, 5.74) is 9.62. The van der Waals surface area contributed by atoms with Crippen LogP contribution in [0, 0.1) is 0 Å². The third kappa shape index (κ3) is 5.19. The molecule has 9 heteroatoms. The third-order valence-corrected chi connectivity index (χ3v) is 7.64. The minimum atomic E-state index is 0.245. The van der Waals surface area contributed by atoms with E-state index in [1.165, 1.54) is 57.2 Å². The van der Waals surface area contributed by atoms with Crippen molar-refractivity contribution in [2.75, 3.05) is 37.8 Å². The Morgan fingerprint density at radius 1 is 1.11 bits per heavy atom. The van der Waals surface area contributed by atoms with E-state index in [2.05, 4.69) is 38.3 Å². The predicted octanol–water partition coefficient (Wildman–Crippen LogP) is 4.19. The molecule has 0 aromatic carbocycles. The van der Waals surface area contributed by atoms with Crippen LogP contribution in [0.2, 0.25) is 0 Å². The summed E-state index contributed by atoms with van der Waals surface area (Å²) in [7, 11) is 1.72. The monoisotopic (exact) mass is 478 g/mol. The number of nitrogens with one attached hydrogen (secondary N) is 1. The van der Waals surface area contributed by atoms with E-state index in [9.17, 15) is 0 Å². The van der Waals surface area contributed by atoms with E-state index in [-0.39, 0.29) is 5.95 Å². The van der Waals surface area contributed by atoms with Crippen LogP contribution in [0.15, 0.2) is 18.5 Å². The molecular weight excluding hydrogens is 440 g/mol. The zero-order valence-electron chi connectivity index (χ0n) is 21.0. The van der Waals surface area contributed by atoms with Gasteiger partial charge in [0.2, 0.25) is 5.95 Å². The molecule has 188 valence electrons. The molecule has 9 nitrogen and oxygen atoms in total. The van der Waals surface area contributed by atoms with E-state index in [4.69, 9.17) is 15.5 Å². The number of unbranched alkanes of at least 4 members (excludes halogenated alkanes) is 1. The van der Waals surface area contributed by atoms with Crippen molar-refractivity contribution in [3.05, 3.63) is 29.7 Å². The number of methoxy groups -OCH3 is 1. The van der Waals surface area contributed by atoms with Crippen molar-refractivity contribution in [1.29, 1.82) is 0 Å². The molecule has 3 aromatic rings. The minimum Gasteiger partial charge on any atom is -0.495 e. The van der Waals surface area contributed by atoms with Crippen LogP contribution in [-0.2, 0) is 6.54 Å². The molecule has 1 saturated carbocycles. The molecule has 2 fully saturated rings. The fourth-order valence-electron chi connectivity index (χ4n) is 5.66. The lowest BCUT2D eigenvalue weighted by Crippen LogP contribution is -2.39. The Bertz CT molecular complexity index is 1130. The average molecular weight is 479 g/mol. The van der Waals surface area contributed by atoms with Gasteiger partial charge in [0.05, 0.1) is 19.9 Å². The van der Waals surface area contributed by atoms with Crippen molar-refractivity contribution in [3.63, 3.8) is 0 Å². The summed E-state index contributed by atoms with van der Waals surface area (Å²) in [5.74, 6) is 2.30. The number of pyridine rings is 1. The van der Waals surface area contributed by atoms with Crippen molar-refractivity contribution < 1.29 is 4.74 Å². The van der Waals surface area contributed by atoms with Crippen LogP contribution >= 0.6 is 0 Å². The van der Waals surface area contributed by atoms with Crippen LogP contribution in [0.4, 0.5) is 11.8 Å². The first-order valence-corrected chi connectivity index (χ1v) is 13.2. The Kier molecular flexibility index (Phi) is 7.32. The number of ether oxygens (including phenoxy) is 1. The van der Waals surface area contributed by atoms with Gasteiger partial charge in [-0.25, -0.2) is 4.98 Å². The van der Waals surface area contributed by atoms with Gasteiger partial charge in [-0.1, -0.05) is 26.2 Å². The molecule has 0 atom stereocenters. The first kappa shape index (κ1) is 23.8. The number of rotatable bonds is 9. The zero-order valence-corrected chi connectivity index (χ0v) is 21.0. The summed E-state index contributed by atoms with van der Waals surface area (Å²) >= 11 is 0. The second-order valence-corrected chi connectivity index (χ2v) is 9.91. The van der Waals surface area contributed by atoms with Crippen LogP contribution in [0.1, 0.15) is 75.5 Å². The standard InChI is InChI=1S/C26H38N8O/c1-3-4-11-28-25-24-21(31-26(27)32-25)16-30-34(24)17-22-23(35-2)14-19(15-29-22)18-9-12-33(13-10-18)20-7-5-6-8-20/h14-16,18,20H,3-13,17H2,1-2H3,(H3,27,28,31,32). The molecule has 3 N–H and O–H groups in total. The van der Waals surface area contributed by atoms with Crippen molar-refractivity contribution in [2.45, 2.75) is 76.8 Å². The molecule has 0 bridgehead atoms. The highest BCUT2D eigenvalue weighted by atomic mass is 16.5. The van der Waals surface area contributed by atoms with Crippen LogP contribution < -0.4 is 15.8 Å². The molecule has 5 rings (SSSR count). The molecule has 0 amide bonds. The number of nitrogens with zero attached hydrogens (tertiary/aromatic N) is 6. The highest BCUT2D eigenvalue weighted by Gasteiger charge is 2.28. The Morgan fingerprint density at radius 2 is 1.91 bits per heavy atom. The minimum absolute atomic E-state index is 0.245. The van der Waals surface area contributed by atoms with E-state index in [0.29, 0.717) is 18.3 Å². The summed E-state index contributed by atoms with van der Waals surface area (Å²) in [6.07, 6.45) is 13.9. The number of nitrogens with two attached hydrogens (primary N) is 1. The SMILES string of the molecule is CCCCNc1nc(N)nc2cnn(Cc3ncc(C4CCN(C5CCCC5)CC4)cc3OC)c12. The normalized spacial score (nSPS) is 17.9. The fraction of sp³-hybridized carbons (Fsp3) is 0.615. The molecule has 0 radical (unpaired) electrons. The molecule has 1 saturated heterocycles. The summed E-state index contributed by atoms with van der Waals surface area (Å²) in [6, 6.07) is 2.99. The molecule has 2 aliphatic rings. The number of hydrogen-bond donors (Lipinski definition) is 2. The summed E-state index contributed by atoms with van der Waals surface area (Å²) in [5, 5.41) is 7.97. The van der Waals surface area contributed by atoms with Crippen molar-refractivity contribution >= 4 is 22.8 Å². The molecule has 0 spiro atoms. The lowest BCUT2D eigenvalue weighted by molar-refractivity contribution is 0.154. The Morgan fingerprint density at radius 3 is 2.66 bits per heavy atom. The second-order valence-electron chi connectivity index (χ2n) is 9.91. The molecule has 0 unspecified atom stereocenters. The van der Waals surface area contributed by atoms with Gasteiger partial charge in [0.1, 0.15) is 22.5 Å². The maximum Gasteiger partial charge on any atom is 0.222 e. The quantitative estimate of drug-likeness (QED) is 0.441. The first-order chi connectivity index (χ1) is 17.2. The predicted molar refractivity (Wildman–Crippen MR) is 139 cm³/mol. The third-order valence-electron chi connectivity index (χ3n) is 7.64. The zero-order chi connectivity index (χ0) is 24.2. The van der Waals surface area contributed by atoms with Crippen molar-refractivity contribution in [3.8, 4) is 5.75 Å². The molecule has 35 heavy (non-hydrogen) atoms. The van der Waals surface area contributed by atoms with Crippen molar-refractivity contribution in [2.24, 2.45) is 0 Å². The highest BCUT2D eigenvalue weighted by Crippen LogP contribution is 2.34. The first-order valence-electron chi connectivity index (χ1n) is 13.2. The molecule has 1 aliphatic heterocycles. The van der Waals surface area contributed by atoms with Gasteiger partial charge in [-0.15, -0.1) is 0 Å². The van der Waals surface area contributed by atoms with Crippen LogP contribution in [0.5, 0.6) is 5.75 Å². The van der Waals surface area contributed by atoms with Gasteiger partial charge >= 0.3 is 0 Å².